The van der Waals surface area contributed by atoms with E-state index in [1.165, 1.54) is 0 Å². The van der Waals surface area contributed by atoms with Crippen LogP contribution in [0.3, 0.4) is 0 Å². The second-order valence-corrected chi connectivity index (χ2v) is 4.58. The minimum atomic E-state index is 0.568. The highest BCUT2D eigenvalue weighted by molar-refractivity contribution is 5.82. The highest BCUT2D eigenvalue weighted by atomic mass is 16.3. The maximum absolute atomic E-state index is 5.82. The van der Waals surface area contributed by atoms with Gasteiger partial charge in [0.1, 0.15) is 17.2 Å². The largest absolute Gasteiger partial charge is 0.464 e. The number of furan rings is 2. The van der Waals surface area contributed by atoms with Gasteiger partial charge in [-0.05, 0) is 43.3 Å². The van der Waals surface area contributed by atoms with E-state index in [0.717, 1.165) is 28.1 Å². The van der Waals surface area contributed by atoms with E-state index in [-0.39, 0.29) is 0 Å². The molecule has 5 heteroatoms. The Labute approximate surface area is 114 Å². The van der Waals surface area contributed by atoms with Crippen LogP contribution in [0.1, 0.15) is 5.82 Å². The van der Waals surface area contributed by atoms with E-state index in [2.05, 4.69) is 15.2 Å². The maximum Gasteiger partial charge on any atom is 0.216 e. The zero-order chi connectivity index (χ0) is 13.5. The summed E-state index contributed by atoms with van der Waals surface area (Å²) in [5.74, 6) is 2.76. The molecule has 1 N–H and O–H groups in total. The molecule has 0 fully saturated rings. The Morgan fingerprint density at radius 1 is 1.05 bits per heavy atom. The monoisotopic (exact) mass is 265 g/mol. The molecule has 0 aliphatic rings. The lowest BCUT2D eigenvalue weighted by atomic mass is 10.1. The number of rotatable bonds is 2. The van der Waals surface area contributed by atoms with Gasteiger partial charge in [0.2, 0.25) is 5.82 Å². The molecule has 1 aromatic carbocycles. The minimum Gasteiger partial charge on any atom is -0.464 e. The first-order chi connectivity index (χ1) is 9.79. The molecule has 3 aromatic heterocycles. The van der Waals surface area contributed by atoms with Gasteiger partial charge in [0.05, 0.1) is 6.26 Å². The predicted molar refractivity (Wildman–Crippen MR) is 74.0 cm³/mol. The molecule has 20 heavy (non-hydrogen) atoms. The number of aromatic amines is 1. The molecule has 0 spiro atoms. The average Bonchev–Trinajstić information content (AvgIpc) is 3.17. The molecular weight excluding hydrogens is 254 g/mol. The van der Waals surface area contributed by atoms with Gasteiger partial charge in [0, 0.05) is 10.9 Å². The normalized spacial score (nSPS) is 11.2. The SMILES string of the molecule is Cc1nc(-c2ccc(-c3ccc4occc4c3)o2)n[nH]1. The molecule has 5 nitrogen and oxygen atoms in total. The van der Waals surface area contributed by atoms with Gasteiger partial charge in [0.15, 0.2) is 5.76 Å². The summed E-state index contributed by atoms with van der Waals surface area (Å²) in [5.41, 5.74) is 1.86. The molecule has 0 aliphatic carbocycles. The summed E-state index contributed by atoms with van der Waals surface area (Å²) in [6.45, 7) is 1.85. The second kappa shape index (κ2) is 4.09. The Morgan fingerprint density at radius 3 is 2.80 bits per heavy atom. The Balaban J connectivity index is 1.77. The Morgan fingerprint density at radius 2 is 1.95 bits per heavy atom. The molecule has 98 valence electrons. The summed E-state index contributed by atoms with van der Waals surface area (Å²) in [5, 5.41) is 7.94. The van der Waals surface area contributed by atoms with Crippen molar-refractivity contribution in [2.45, 2.75) is 6.92 Å². The first-order valence-corrected chi connectivity index (χ1v) is 6.26. The predicted octanol–water partition coefficient (Wildman–Crippen LogP) is 3.79. The van der Waals surface area contributed by atoms with E-state index in [0.29, 0.717) is 11.6 Å². The highest BCUT2D eigenvalue weighted by Crippen LogP contribution is 2.29. The van der Waals surface area contributed by atoms with Crippen LogP contribution in [0.4, 0.5) is 0 Å². The number of aromatic nitrogens is 3. The van der Waals surface area contributed by atoms with Crippen LogP contribution in [0, 0.1) is 6.92 Å². The summed E-state index contributed by atoms with van der Waals surface area (Å²) in [7, 11) is 0. The third-order valence-corrected chi connectivity index (χ3v) is 3.16. The van der Waals surface area contributed by atoms with Crippen molar-refractivity contribution in [2.75, 3.05) is 0 Å². The molecule has 4 rings (SSSR count). The topological polar surface area (TPSA) is 67.8 Å². The molecular formula is C15H11N3O2. The van der Waals surface area contributed by atoms with E-state index in [9.17, 15) is 0 Å². The van der Waals surface area contributed by atoms with E-state index < -0.39 is 0 Å². The van der Waals surface area contributed by atoms with Crippen molar-refractivity contribution in [1.29, 1.82) is 0 Å². The molecule has 4 aromatic rings. The highest BCUT2D eigenvalue weighted by Gasteiger charge is 2.11. The summed E-state index contributed by atoms with van der Waals surface area (Å²) < 4.78 is 11.2. The number of H-pyrrole nitrogens is 1. The molecule has 0 saturated carbocycles. The average molecular weight is 265 g/mol. The molecule has 0 radical (unpaired) electrons. The van der Waals surface area contributed by atoms with E-state index >= 15 is 0 Å². The van der Waals surface area contributed by atoms with Crippen molar-refractivity contribution in [3.05, 3.63) is 48.5 Å². The van der Waals surface area contributed by atoms with Gasteiger partial charge in [-0.1, -0.05) is 0 Å². The summed E-state index contributed by atoms with van der Waals surface area (Å²) >= 11 is 0. The van der Waals surface area contributed by atoms with E-state index in [4.69, 9.17) is 8.83 Å². The van der Waals surface area contributed by atoms with Crippen molar-refractivity contribution in [3.8, 4) is 22.9 Å². The van der Waals surface area contributed by atoms with Crippen molar-refractivity contribution in [3.63, 3.8) is 0 Å². The fourth-order valence-corrected chi connectivity index (χ4v) is 2.19. The van der Waals surface area contributed by atoms with Crippen molar-refractivity contribution in [2.24, 2.45) is 0 Å². The van der Waals surface area contributed by atoms with E-state index in [1.807, 2.05) is 43.3 Å². The molecule has 0 saturated heterocycles. The Kier molecular flexibility index (Phi) is 2.26. The quantitative estimate of drug-likeness (QED) is 0.598. The van der Waals surface area contributed by atoms with Gasteiger partial charge in [-0.2, -0.15) is 5.10 Å². The number of nitrogens with zero attached hydrogens (tertiary/aromatic N) is 2. The molecule has 0 amide bonds. The number of benzene rings is 1. The third-order valence-electron chi connectivity index (χ3n) is 3.16. The van der Waals surface area contributed by atoms with Crippen molar-refractivity contribution >= 4 is 11.0 Å². The number of hydrogen-bond acceptors (Lipinski definition) is 4. The number of fused-ring (bicyclic) bond motifs is 1. The molecule has 0 unspecified atom stereocenters. The fourth-order valence-electron chi connectivity index (χ4n) is 2.19. The lowest BCUT2D eigenvalue weighted by molar-refractivity contribution is 0.592. The van der Waals surface area contributed by atoms with Gasteiger partial charge in [-0.3, -0.25) is 5.10 Å². The standard InChI is InChI=1S/C15H11N3O2/c1-9-16-15(18-17-9)14-5-4-13(20-14)10-2-3-12-11(8-10)6-7-19-12/h2-8H,1H3,(H,16,17,18). The van der Waals surface area contributed by atoms with Gasteiger partial charge in [-0.25, -0.2) is 4.98 Å². The number of nitrogens with one attached hydrogen (secondary N) is 1. The maximum atomic E-state index is 5.82. The van der Waals surface area contributed by atoms with Crippen LogP contribution in [0.2, 0.25) is 0 Å². The Hall–Kier alpha value is -2.82. The van der Waals surface area contributed by atoms with Crippen LogP contribution < -0.4 is 0 Å². The van der Waals surface area contributed by atoms with E-state index in [1.54, 1.807) is 6.26 Å². The van der Waals surface area contributed by atoms with Crippen LogP contribution in [0.5, 0.6) is 0 Å². The van der Waals surface area contributed by atoms with Crippen LogP contribution in [0.25, 0.3) is 33.9 Å². The van der Waals surface area contributed by atoms with Crippen molar-refractivity contribution in [1.82, 2.24) is 15.2 Å². The zero-order valence-electron chi connectivity index (χ0n) is 10.8. The lowest BCUT2D eigenvalue weighted by Crippen LogP contribution is -1.76. The minimum absolute atomic E-state index is 0.568. The van der Waals surface area contributed by atoms with Gasteiger partial charge < -0.3 is 8.83 Å². The third kappa shape index (κ3) is 1.72. The zero-order valence-corrected chi connectivity index (χ0v) is 10.8. The molecule has 0 aliphatic heterocycles. The van der Waals surface area contributed by atoms with Crippen LogP contribution in [0.15, 0.2) is 51.5 Å². The molecule has 3 heterocycles. The molecule has 0 bridgehead atoms. The van der Waals surface area contributed by atoms with Gasteiger partial charge in [0.25, 0.3) is 0 Å². The first-order valence-electron chi connectivity index (χ1n) is 6.26. The van der Waals surface area contributed by atoms with Gasteiger partial charge in [-0.15, -0.1) is 0 Å². The van der Waals surface area contributed by atoms with Crippen LogP contribution in [-0.2, 0) is 0 Å². The first kappa shape index (κ1) is 11.0. The number of hydrogen-bond donors (Lipinski definition) is 1. The number of aryl methyl sites for hydroxylation is 1. The Bertz CT molecular complexity index is 885. The summed E-state index contributed by atoms with van der Waals surface area (Å²) in [6.07, 6.45) is 1.68. The molecule has 0 atom stereocenters. The van der Waals surface area contributed by atoms with Crippen molar-refractivity contribution < 1.29 is 8.83 Å². The van der Waals surface area contributed by atoms with Crippen LogP contribution in [-0.4, -0.2) is 15.2 Å². The fraction of sp³-hybridized carbons (Fsp3) is 0.0667. The second-order valence-electron chi connectivity index (χ2n) is 4.58. The smallest absolute Gasteiger partial charge is 0.216 e. The summed E-state index contributed by atoms with van der Waals surface area (Å²) in [4.78, 5) is 4.25. The van der Waals surface area contributed by atoms with Crippen LogP contribution >= 0.6 is 0 Å². The van der Waals surface area contributed by atoms with Gasteiger partial charge >= 0.3 is 0 Å². The lowest BCUT2D eigenvalue weighted by Gasteiger charge is -1.96. The summed E-state index contributed by atoms with van der Waals surface area (Å²) in [6, 6.07) is 11.7.